The van der Waals surface area contributed by atoms with Crippen LogP contribution in [0.2, 0.25) is 0 Å². The molecule has 5 rings (SSSR count). The van der Waals surface area contributed by atoms with Crippen molar-refractivity contribution < 1.29 is 19.1 Å². The molecule has 2 aromatic heterocycles. The Balaban J connectivity index is 1.42. The molecular weight excluding hydrogens is 410 g/mol. The number of benzene rings is 1. The zero-order chi connectivity index (χ0) is 22.3. The van der Waals surface area contributed by atoms with E-state index in [1.54, 1.807) is 23.0 Å². The summed E-state index contributed by atoms with van der Waals surface area (Å²) in [6.45, 7) is 5.09. The molecule has 2 amide bonds. The third-order valence-corrected chi connectivity index (χ3v) is 5.76. The van der Waals surface area contributed by atoms with Gasteiger partial charge in [-0.1, -0.05) is 0 Å². The lowest BCUT2D eigenvalue weighted by molar-refractivity contribution is -0.123. The molecule has 0 radical (unpaired) electrons. The largest absolute Gasteiger partial charge is 0.491 e. The minimum absolute atomic E-state index is 0.0398. The van der Waals surface area contributed by atoms with E-state index < -0.39 is 0 Å². The van der Waals surface area contributed by atoms with E-state index in [9.17, 15) is 9.59 Å². The number of hydrogen-bond acceptors (Lipinski definition) is 6. The summed E-state index contributed by atoms with van der Waals surface area (Å²) >= 11 is 0. The van der Waals surface area contributed by atoms with Crippen LogP contribution in [0.1, 0.15) is 42.6 Å². The van der Waals surface area contributed by atoms with E-state index in [2.05, 4.69) is 20.7 Å². The fourth-order valence-electron chi connectivity index (χ4n) is 4.23. The SMILES string of the molecule is CC1(C)Cc2cc(NC(=O)c3cnn4cccnc34)c(OCC3CCNC(=O)C3)cc2O1. The maximum atomic E-state index is 13.1. The number of piperidine rings is 1. The average molecular weight is 435 g/mol. The van der Waals surface area contributed by atoms with Crippen LogP contribution >= 0.6 is 0 Å². The van der Waals surface area contributed by atoms with Crippen molar-refractivity contribution in [3.63, 3.8) is 0 Å². The molecule has 2 aliphatic rings. The van der Waals surface area contributed by atoms with Gasteiger partial charge in [0.2, 0.25) is 5.91 Å². The molecule has 9 nitrogen and oxygen atoms in total. The standard InChI is InChI=1S/C23H25N5O4/c1-23(2)11-15-9-17(27-22(30)16-12-26-28-7-3-5-25-21(16)28)19(10-18(15)32-23)31-13-14-4-6-24-20(29)8-14/h3,5,7,9-10,12,14H,4,6,8,11,13H2,1-2H3,(H,24,29)(H,27,30). The van der Waals surface area contributed by atoms with Crippen LogP contribution in [0.25, 0.3) is 5.65 Å². The second-order valence-electron chi connectivity index (χ2n) is 8.91. The van der Waals surface area contributed by atoms with Gasteiger partial charge in [0.05, 0.1) is 18.5 Å². The molecule has 1 fully saturated rings. The van der Waals surface area contributed by atoms with Gasteiger partial charge in [-0.15, -0.1) is 0 Å². The minimum Gasteiger partial charge on any atom is -0.491 e. The summed E-state index contributed by atoms with van der Waals surface area (Å²) in [6, 6.07) is 5.49. The predicted octanol–water partition coefficient (Wildman–Crippen LogP) is 2.60. The van der Waals surface area contributed by atoms with Crippen molar-refractivity contribution in [2.45, 2.75) is 38.7 Å². The number of amides is 2. The van der Waals surface area contributed by atoms with Crippen LogP contribution in [0.5, 0.6) is 11.5 Å². The fraction of sp³-hybridized carbons (Fsp3) is 0.391. The first-order chi connectivity index (χ1) is 15.4. The van der Waals surface area contributed by atoms with E-state index in [0.29, 0.717) is 42.2 Å². The molecule has 0 spiro atoms. The average Bonchev–Trinajstić information content (AvgIpc) is 3.31. The molecule has 2 aliphatic heterocycles. The maximum absolute atomic E-state index is 13.1. The molecule has 2 N–H and O–H groups in total. The second-order valence-corrected chi connectivity index (χ2v) is 8.91. The molecule has 1 saturated heterocycles. The first-order valence-electron chi connectivity index (χ1n) is 10.7. The van der Waals surface area contributed by atoms with Gasteiger partial charge in [0.15, 0.2) is 5.65 Å². The summed E-state index contributed by atoms with van der Waals surface area (Å²) in [5.41, 5.74) is 2.10. The number of aromatic nitrogens is 3. The summed E-state index contributed by atoms with van der Waals surface area (Å²) in [5.74, 6) is 1.12. The van der Waals surface area contributed by atoms with Crippen LogP contribution in [0.15, 0.2) is 36.8 Å². The second kappa shape index (κ2) is 7.81. The zero-order valence-corrected chi connectivity index (χ0v) is 18.1. The highest BCUT2D eigenvalue weighted by Gasteiger charge is 2.32. The van der Waals surface area contributed by atoms with Gasteiger partial charge in [-0.3, -0.25) is 9.59 Å². The number of ether oxygens (including phenoxy) is 2. The molecule has 9 heteroatoms. The highest BCUT2D eigenvalue weighted by molar-refractivity contribution is 6.08. The Bertz CT molecular complexity index is 1200. The summed E-state index contributed by atoms with van der Waals surface area (Å²) in [4.78, 5) is 29.0. The number of rotatable bonds is 5. The van der Waals surface area contributed by atoms with E-state index in [-0.39, 0.29) is 23.3 Å². The van der Waals surface area contributed by atoms with Crippen molar-refractivity contribution in [3.05, 3.63) is 47.9 Å². The van der Waals surface area contributed by atoms with Gasteiger partial charge in [0, 0.05) is 49.3 Å². The summed E-state index contributed by atoms with van der Waals surface area (Å²) in [6.07, 6.45) is 6.88. The van der Waals surface area contributed by atoms with Crippen LogP contribution in [0.4, 0.5) is 5.69 Å². The molecule has 0 aliphatic carbocycles. The van der Waals surface area contributed by atoms with Gasteiger partial charge in [-0.05, 0) is 32.4 Å². The number of anilines is 1. The lowest BCUT2D eigenvalue weighted by Crippen LogP contribution is -2.35. The van der Waals surface area contributed by atoms with Gasteiger partial charge in [-0.25, -0.2) is 9.50 Å². The topological polar surface area (TPSA) is 107 Å². The maximum Gasteiger partial charge on any atom is 0.261 e. The Labute approximate surface area is 185 Å². The van der Waals surface area contributed by atoms with Gasteiger partial charge < -0.3 is 20.1 Å². The zero-order valence-electron chi connectivity index (χ0n) is 18.1. The first-order valence-corrected chi connectivity index (χ1v) is 10.7. The van der Waals surface area contributed by atoms with Crippen molar-refractivity contribution >= 4 is 23.1 Å². The molecule has 166 valence electrons. The Morgan fingerprint density at radius 1 is 1.41 bits per heavy atom. The summed E-state index contributed by atoms with van der Waals surface area (Å²) in [7, 11) is 0. The van der Waals surface area contributed by atoms with E-state index in [1.807, 2.05) is 26.0 Å². The van der Waals surface area contributed by atoms with Crippen molar-refractivity contribution in [1.29, 1.82) is 0 Å². The van der Waals surface area contributed by atoms with E-state index in [1.165, 1.54) is 6.20 Å². The van der Waals surface area contributed by atoms with Crippen LogP contribution in [-0.4, -0.2) is 45.2 Å². The third kappa shape index (κ3) is 3.98. The Kier molecular flexibility index (Phi) is 4.96. The molecule has 4 heterocycles. The monoisotopic (exact) mass is 435 g/mol. The molecule has 32 heavy (non-hydrogen) atoms. The van der Waals surface area contributed by atoms with E-state index in [4.69, 9.17) is 9.47 Å². The number of nitrogens with one attached hydrogen (secondary N) is 2. The predicted molar refractivity (Wildman–Crippen MR) is 117 cm³/mol. The smallest absolute Gasteiger partial charge is 0.261 e. The van der Waals surface area contributed by atoms with Crippen LogP contribution in [0, 0.1) is 5.92 Å². The minimum atomic E-state index is -0.323. The lowest BCUT2D eigenvalue weighted by Gasteiger charge is -2.23. The van der Waals surface area contributed by atoms with Crippen molar-refractivity contribution in [2.24, 2.45) is 5.92 Å². The number of fused-ring (bicyclic) bond motifs is 2. The first kappa shape index (κ1) is 20.3. The fourth-order valence-corrected chi connectivity index (χ4v) is 4.23. The van der Waals surface area contributed by atoms with E-state index in [0.717, 1.165) is 24.2 Å². The molecule has 1 aromatic carbocycles. The third-order valence-electron chi connectivity index (χ3n) is 5.76. The van der Waals surface area contributed by atoms with Gasteiger partial charge >= 0.3 is 0 Å². The Hall–Kier alpha value is -3.62. The molecule has 1 atom stereocenters. The van der Waals surface area contributed by atoms with Crippen molar-refractivity contribution in [3.8, 4) is 11.5 Å². The Morgan fingerprint density at radius 3 is 3.12 bits per heavy atom. The summed E-state index contributed by atoms with van der Waals surface area (Å²) in [5, 5.41) is 9.99. The van der Waals surface area contributed by atoms with Crippen molar-refractivity contribution in [2.75, 3.05) is 18.5 Å². The molecular formula is C23H25N5O4. The number of carbonyl (C=O) groups is 2. The van der Waals surface area contributed by atoms with Crippen LogP contribution in [-0.2, 0) is 11.2 Å². The molecule has 0 bridgehead atoms. The number of nitrogens with zero attached hydrogens (tertiary/aromatic N) is 3. The quantitative estimate of drug-likeness (QED) is 0.638. The van der Waals surface area contributed by atoms with Crippen LogP contribution < -0.4 is 20.1 Å². The normalized spacial score (nSPS) is 19.2. The Morgan fingerprint density at radius 2 is 2.28 bits per heavy atom. The van der Waals surface area contributed by atoms with E-state index >= 15 is 0 Å². The van der Waals surface area contributed by atoms with Gasteiger partial charge in [0.1, 0.15) is 22.7 Å². The number of carbonyl (C=O) groups excluding carboxylic acids is 2. The highest BCUT2D eigenvalue weighted by Crippen LogP contribution is 2.41. The molecule has 3 aromatic rings. The lowest BCUT2D eigenvalue weighted by atomic mass is 9.98. The van der Waals surface area contributed by atoms with Crippen molar-refractivity contribution in [1.82, 2.24) is 19.9 Å². The summed E-state index contributed by atoms with van der Waals surface area (Å²) < 4.78 is 13.7. The van der Waals surface area contributed by atoms with Gasteiger partial charge in [0.25, 0.3) is 5.91 Å². The highest BCUT2D eigenvalue weighted by atomic mass is 16.5. The van der Waals surface area contributed by atoms with Crippen LogP contribution in [0.3, 0.4) is 0 Å². The van der Waals surface area contributed by atoms with Gasteiger partial charge in [-0.2, -0.15) is 5.10 Å². The molecule has 1 unspecified atom stereocenters. The number of hydrogen-bond donors (Lipinski definition) is 2. The molecule has 0 saturated carbocycles.